The number of rotatable bonds is 13. The highest BCUT2D eigenvalue weighted by Crippen LogP contribution is 2.61. The summed E-state index contributed by atoms with van der Waals surface area (Å²) in [7, 11) is -16.4. The lowest BCUT2D eigenvalue weighted by atomic mass is 10.1. The molecule has 0 aromatic carbocycles. The van der Waals surface area contributed by atoms with Crippen molar-refractivity contribution in [3.63, 3.8) is 0 Å². The van der Waals surface area contributed by atoms with E-state index in [0.29, 0.717) is 0 Å². The van der Waals surface area contributed by atoms with E-state index in [0.717, 1.165) is 23.3 Å². The number of ketones is 1. The van der Waals surface area contributed by atoms with Gasteiger partial charge in [-0.05, 0) is 6.08 Å². The summed E-state index contributed by atoms with van der Waals surface area (Å²) in [5, 5.41) is 31.6. The third-order valence-electron chi connectivity index (χ3n) is 7.32. The van der Waals surface area contributed by atoms with Crippen molar-refractivity contribution in [2.45, 2.75) is 49.1 Å². The van der Waals surface area contributed by atoms with Crippen LogP contribution in [0.3, 0.4) is 0 Å². The van der Waals surface area contributed by atoms with Crippen LogP contribution in [0.25, 0.3) is 11.2 Å². The predicted octanol–water partition coefficient (Wildman–Crippen LogP) is -3.86. The normalized spacial score (nSPS) is 32.2. The van der Waals surface area contributed by atoms with Gasteiger partial charge in [-0.25, -0.2) is 28.6 Å². The van der Waals surface area contributed by atoms with E-state index in [-0.39, 0.29) is 35.6 Å². The quantitative estimate of drug-likeness (QED) is 0.0882. The number of nitrogen functional groups attached to an aromatic ring is 1. The predicted molar refractivity (Wildman–Crippen MR) is 154 cm³/mol. The van der Waals surface area contributed by atoms with Gasteiger partial charge in [-0.15, -0.1) is 0 Å². The summed E-state index contributed by atoms with van der Waals surface area (Å²) < 4.78 is 67.1. The topological polar surface area (TPSA) is 381 Å². The molecule has 2 unspecified atom stereocenters. The van der Waals surface area contributed by atoms with E-state index >= 15 is 0 Å². The van der Waals surface area contributed by atoms with E-state index in [1.165, 1.54) is 4.90 Å². The number of phosphoric ester groups is 3. The molecule has 49 heavy (non-hydrogen) atoms. The average molecular weight is 761 g/mol. The molecule has 0 spiro atoms. The van der Waals surface area contributed by atoms with Crippen molar-refractivity contribution in [1.82, 2.24) is 24.4 Å². The van der Waals surface area contributed by atoms with Crippen LogP contribution >= 0.6 is 23.5 Å². The number of phosphoric acid groups is 3. The minimum absolute atomic E-state index is 0.00743. The average Bonchev–Trinajstić information content (AvgIpc) is 3.64. The van der Waals surface area contributed by atoms with Gasteiger partial charge in [0.1, 0.15) is 54.7 Å². The van der Waals surface area contributed by atoms with E-state index in [2.05, 4.69) is 32.8 Å². The first-order valence-electron chi connectivity index (χ1n) is 13.7. The standard InChI is InChI=1S/C21H30N7O18P3/c22-17-12-19(25-6-24-17)28(7-26-12)21-16(45-47(34,35)36)14(31)11(44-21)5-42-49(39,40)46-48(37,38)41-4-10-13(30)15(32)20(43-10)27-2-8(18(23)33)1-9(29)3-27/h1,6-7,10-11,13-16,20-21,30-32H,2-5H2,(H2,23,33)(H,37,38)(H,39,40)(H2,22,24,25)(H2,34,35,36)/t10-,11-,13-,14-,15-,16-,20-,21-/m1/s1. The summed E-state index contributed by atoms with van der Waals surface area (Å²) in [5.41, 5.74) is 10.9. The van der Waals surface area contributed by atoms with Crippen LogP contribution < -0.4 is 11.5 Å². The van der Waals surface area contributed by atoms with Crippen LogP contribution in [-0.4, -0.2) is 140 Å². The van der Waals surface area contributed by atoms with Crippen molar-refractivity contribution in [2.24, 2.45) is 5.73 Å². The second-order valence-corrected chi connectivity index (χ2v) is 15.0. The highest BCUT2D eigenvalue weighted by atomic mass is 31.3. The van der Waals surface area contributed by atoms with E-state index in [1.54, 1.807) is 0 Å². The van der Waals surface area contributed by atoms with Gasteiger partial charge in [0, 0.05) is 12.1 Å². The summed E-state index contributed by atoms with van der Waals surface area (Å²) in [6.45, 7) is -2.67. The number of nitrogens with zero attached hydrogens (tertiary/aromatic N) is 5. The Morgan fingerprint density at radius 2 is 1.53 bits per heavy atom. The molecular weight excluding hydrogens is 731 g/mol. The fourth-order valence-electron chi connectivity index (χ4n) is 5.18. The van der Waals surface area contributed by atoms with E-state index in [9.17, 15) is 58.2 Å². The maximum atomic E-state index is 12.6. The van der Waals surface area contributed by atoms with Gasteiger partial charge in [-0.2, -0.15) is 4.31 Å². The molecule has 2 aromatic rings. The largest absolute Gasteiger partial charge is 0.481 e. The molecule has 28 heteroatoms. The minimum atomic E-state index is -5.55. The molecule has 5 rings (SSSR count). The minimum Gasteiger partial charge on any atom is -0.387 e. The van der Waals surface area contributed by atoms with Crippen LogP contribution in [0, 0.1) is 0 Å². The van der Waals surface area contributed by atoms with Gasteiger partial charge in [-0.3, -0.25) is 32.6 Å². The Labute approximate surface area is 273 Å². The lowest BCUT2D eigenvalue weighted by Crippen LogP contribution is -2.49. The molecule has 3 aliphatic heterocycles. The van der Waals surface area contributed by atoms with Crippen LogP contribution in [0.5, 0.6) is 0 Å². The van der Waals surface area contributed by atoms with Gasteiger partial charge >= 0.3 is 23.5 Å². The number of imidazole rings is 1. The first-order chi connectivity index (χ1) is 22.7. The number of hydrogen-bond donors (Lipinski definition) is 9. The van der Waals surface area contributed by atoms with Crippen molar-refractivity contribution in [3.8, 4) is 0 Å². The molecule has 272 valence electrons. The highest BCUT2D eigenvalue weighted by molar-refractivity contribution is 7.61. The number of ether oxygens (including phenoxy) is 2. The molecule has 2 saturated heterocycles. The molecule has 10 atom stereocenters. The molecule has 11 N–H and O–H groups in total. The maximum absolute atomic E-state index is 12.6. The number of anilines is 1. The highest BCUT2D eigenvalue weighted by Gasteiger charge is 2.51. The van der Waals surface area contributed by atoms with Gasteiger partial charge in [-0.1, -0.05) is 0 Å². The molecule has 1 amide bonds. The molecule has 2 fully saturated rings. The van der Waals surface area contributed by atoms with Crippen molar-refractivity contribution >= 4 is 52.1 Å². The van der Waals surface area contributed by atoms with Gasteiger partial charge in [0.25, 0.3) is 0 Å². The molecule has 25 nitrogen and oxygen atoms in total. The number of aromatic nitrogens is 4. The van der Waals surface area contributed by atoms with Crippen molar-refractivity contribution in [2.75, 3.05) is 32.0 Å². The monoisotopic (exact) mass is 761 g/mol. The molecule has 3 aliphatic rings. The Hall–Kier alpha value is -2.64. The number of nitrogens with two attached hydrogens (primary N) is 2. The summed E-state index contributed by atoms with van der Waals surface area (Å²) in [5.74, 6) is -1.53. The number of aliphatic hydroxyl groups excluding tert-OH is 3. The Morgan fingerprint density at radius 3 is 2.14 bits per heavy atom. The number of primary amides is 1. The van der Waals surface area contributed by atoms with Crippen molar-refractivity contribution < 1.29 is 85.5 Å². The summed E-state index contributed by atoms with van der Waals surface area (Å²) >= 11 is 0. The Morgan fingerprint density at radius 1 is 0.918 bits per heavy atom. The van der Waals surface area contributed by atoms with Crippen LogP contribution in [0.2, 0.25) is 0 Å². The number of amides is 1. The van der Waals surface area contributed by atoms with Gasteiger partial charge in [0.2, 0.25) is 5.91 Å². The number of carbonyl (C=O) groups excluding carboxylic acids is 2. The Bertz CT molecular complexity index is 1770. The number of aliphatic hydroxyl groups is 3. The Kier molecular flexibility index (Phi) is 10.9. The molecule has 2 aromatic heterocycles. The maximum Gasteiger partial charge on any atom is 0.481 e. The van der Waals surface area contributed by atoms with Crippen molar-refractivity contribution in [1.29, 1.82) is 0 Å². The summed E-state index contributed by atoms with van der Waals surface area (Å²) in [4.78, 5) is 75.4. The number of fused-ring (bicyclic) bond motifs is 1. The zero-order valence-electron chi connectivity index (χ0n) is 24.5. The van der Waals surface area contributed by atoms with E-state index < -0.39 is 97.5 Å². The van der Waals surface area contributed by atoms with Crippen LogP contribution in [-0.2, 0) is 50.6 Å². The lowest BCUT2D eigenvalue weighted by Gasteiger charge is -2.32. The second-order valence-electron chi connectivity index (χ2n) is 10.8. The smallest absolute Gasteiger partial charge is 0.387 e. The third-order valence-corrected chi connectivity index (χ3v) is 10.4. The summed E-state index contributed by atoms with van der Waals surface area (Å²) in [6, 6.07) is 0. The lowest BCUT2D eigenvalue weighted by molar-refractivity contribution is -0.129. The Balaban J connectivity index is 1.19. The molecule has 0 bridgehead atoms. The van der Waals surface area contributed by atoms with Gasteiger partial charge in [0.15, 0.2) is 23.5 Å². The first-order valence-corrected chi connectivity index (χ1v) is 18.2. The molecule has 5 heterocycles. The first kappa shape index (κ1) is 37.6. The van der Waals surface area contributed by atoms with Gasteiger partial charge in [0.05, 0.1) is 26.1 Å². The van der Waals surface area contributed by atoms with Crippen LogP contribution in [0.1, 0.15) is 6.23 Å². The van der Waals surface area contributed by atoms with Crippen LogP contribution in [0.4, 0.5) is 5.82 Å². The molecule has 0 saturated carbocycles. The van der Waals surface area contributed by atoms with E-state index in [1.807, 2.05) is 0 Å². The fraction of sp³-hybridized carbons (Fsp3) is 0.571. The zero-order chi connectivity index (χ0) is 36.1. The molecule has 0 radical (unpaired) electrons. The number of hydrogen-bond acceptors (Lipinski definition) is 19. The molecular formula is C21H30N7O18P3. The number of carbonyl (C=O) groups is 2. The van der Waals surface area contributed by atoms with Crippen LogP contribution in [0.15, 0.2) is 24.3 Å². The van der Waals surface area contributed by atoms with Crippen molar-refractivity contribution in [3.05, 3.63) is 24.3 Å². The third kappa shape index (κ3) is 8.64. The summed E-state index contributed by atoms with van der Waals surface area (Å²) in [6.07, 6.45) is -10.4. The van der Waals surface area contributed by atoms with E-state index in [4.69, 9.17) is 20.9 Å². The molecule has 0 aliphatic carbocycles. The SMILES string of the molecule is NC(=O)C1=CC(=O)CN([C@@H]2O[C@H](COP(=O)(O)OP(=O)(O)OC[C@H]3O[C@@H](n4cnc5c(N)ncnc54)[C@H](OP(=O)(O)O)[C@@H]3O)[C@@H](O)[C@H]2O)C1. The second kappa shape index (κ2) is 14.2. The zero-order valence-corrected chi connectivity index (χ0v) is 27.2. The van der Waals surface area contributed by atoms with Gasteiger partial charge < -0.3 is 55.8 Å². The fourth-order valence-corrected chi connectivity index (χ4v) is 7.82.